The molecule has 33 atom stereocenters. The number of amides is 2. The minimum absolute atomic E-state index is 0.0304. The van der Waals surface area contributed by atoms with Crippen LogP contribution in [-0.2, 0) is 71.2 Å². The molecule has 0 aromatic rings. The highest BCUT2D eigenvalue weighted by Crippen LogP contribution is 2.39. The number of aliphatic hydroxyl groups excluding tert-OH is 18. The topological polar surface area (TPSA) is 570 Å². The van der Waals surface area contributed by atoms with Gasteiger partial charge in [-0.05, 0) is 50.9 Å². The van der Waals surface area contributed by atoms with E-state index in [1.165, 1.54) is 32.1 Å². The van der Waals surface area contributed by atoms with Crippen LogP contribution in [0, 0.1) is 11.8 Å². The van der Waals surface area contributed by atoms with Crippen LogP contribution in [0.3, 0.4) is 0 Å². The number of carboxylic acid groups (broad SMARTS) is 1. The molecule has 6 heterocycles. The highest BCUT2D eigenvalue weighted by Gasteiger charge is 2.59. The Morgan fingerprint density at radius 3 is 1.26 bits per heavy atom. The normalized spacial score (nSPS) is 43.8. The Labute approximate surface area is 566 Å². The molecular formula is C62H108N2O34. The fourth-order valence-corrected chi connectivity index (χ4v) is 13.8. The summed E-state index contributed by atoms with van der Waals surface area (Å²) in [5.41, 5.74) is -0.315. The fourth-order valence-electron chi connectivity index (χ4n) is 13.8. The van der Waals surface area contributed by atoms with Gasteiger partial charge >= 0.3 is 5.97 Å². The molecule has 7 aliphatic rings. The fraction of sp³-hybridized carbons (Fsp3) is 0.952. The van der Waals surface area contributed by atoms with Crippen LogP contribution in [0.25, 0.3) is 0 Å². The summed E-state index contributed by atoms with van der Waals surface area (Å²) < 4.78 is 67.1. The quantitative estimate of drug-likeness (QED) is 0.0297. The number of aliphatic hydroxyl groups is 18. The van der Waals surface area contributed by atoms with Gasteiger partial charge in [-0.25, -0.2) is 4.79 Å². The number of aliphatic carboxylic acids is 1. The number of carbonyl (C=O) groups is 3. The average molecular weight is 1430 g/mol. The molecule has 570 valence electrons. The van der Waals surface area contributed by atoms with Gasteiger partial charge in [0, 0.05) is 24.9 Å². The second-order valence-corrected chi connectivity index (χ2v) is 27.0. The molecule has 0 aromatic heterocycles. The predicted octanol–water partition coefficient (Wildman–Crippen LogP) is -7.47. The zero-order valence-electron chi connectivity index (χ0n) is 55.4. The van der Waals surface area contributed by atoms with Crippen LogP contribution in [-0.4, -0.2) is 351 Å². The first-order valence-corrected chi connectivity index (χ1v) is 34.2. The van der Waals surface area contributed by atoms with Crippen LogP contribution in [0.1, 0.15) is 124 Å². The van der Waals surface area contributed by atoms with Crippen molar-refractivity contribution in [3.8, 4) is 0 Å². The predicted molar refractivity (Wildman–Crippen MR) is 325 cm³/mol. The molecule has 0 spiro atoms. The molecule has 1 saturated carbocycles. The van der Waals surface area contributed by atoms with E-state index in [0.29, 0.717) is 24.7 Å². The van der Waals surface area contributed by atoms with Crippen LogP contribution < -0.4 is 10.6 Å². The first-order chi connectivity index (χ1) is 46.7. The second kappa shape index (κ2) is 38.8. The molecule has 21 N–H and O–H groups in total. The number of ether oxygens (including phenoxy) is 12. The van der Waals surface area contributed by atoms with E-state index in [1.807, 2.05) is 0 Å². The van der Waals surface area contributed by atoms with Crippen molar-refractivity contribution < 1.29 is 168 Å². The van der Waals surface area contributed by atoms with Crippen LogP contribution in [0.5, 0.6) is 0 Å². The Kier molecular flexibility index (Phi) is 32.7. The molecule has 2 amide bonds. The molecule has 36 nitrogen and oxygen atoms in total. The highest BCUT2D eigenvalue weighted by atomic mass is 16.8. The summed E-state index contributed by atoms with van der Waals surface area (Å²) in [6.07, 6.45) is -44.8. The van der Waals surface area contributed by atoms with Gasteiger partial charge in [-0.3, -0.25) is 9.59 Å². The summed E-state index contributed by atoms with van der Waals surface area (Å²) in [4.78, 5) is 38.8. The lowest BCUT2D eigenvalue weighted by Gasteiger charge is -2.49. The first-order valence-electron chi connectivity index (χ1n) is 34.2. The Morgan fingerprint density at radius 2 is 0.806 bits per heavy atom. The standard InChI is InChI=1S/C62H108N2O34/c1-4-5-19-62(3,28-14-10-8-6-7-9-13-27(2)17-18-28)64-35(71)16-12-11-15-34(70)63-20-21-87-56-44(80)38(74)49(30(23-66)89-56)94-58-45(81)39(75)51(31(24-67)90-58)95-59-46(82)40(76)52(33(26-69)91-59)96-61-48(84)42(78)53(54(98-61)55(85)86)97-60-47(83)41(77)50(32(25-68)92-60)93-57-43(79)37(73)36(72)29(22-65)88-57/h27-33,36-54,56-61,65-69,72-84H,4-26H2,1-3H3,(H,63,70)(H,64,71)(H,85,86)/t27-,28?,29?,30?,31?,32?,33?,36+,37?,38?,39?,40?,41?,42?,43?,44?,45?,46?,47?,48?,49-,50-,51+,52+,53-,54?,56-,57+,58+,59-,60+,61+,62?/m0/s1. The van der Waals surface area contributed by atoms with Gasteiger partial charge < -0.3 is 164 Å². The number of rotatable bonds is 30. The van der Waals surface area contributed by atoms with Crippen molar-refractivity contribution in [1.82, 2.24) is 10.6 Å². The van der Waals surface area contributed by atoms with Gasteiger partial charge in [0.15, 0.2) is 43.8 Å². The van der Waals surface area contributed by atoms with E-state index in [-0.39, 0.29) is 43.3 Å². The van der Waals surface area contributed by atoms with Crippen molar-refractivity contribution in [2.45, 2.75) is 313 Å². The number of carbonyl (C=O) groups excluding carboxylic acids is 2. The maximum absolute atomic E-state index is 13.4. The van der Waals surface area contributed by atoms with E-state index >= 15 is 0 Å². The van der Waals surface area contributed by atoms with Crippen LogP contribution in [0.4, 0.5) is 0 Å². The molecule has 6 saturated heterocycles. The lowest BCUT2D eigenvalue weighted by Crippen LogP contribution is -2.68. The summed E-state index contributed by atoms with van der Waals surface area (Å²) in [7, 11) is 0. The highest BCUT2D eigenvalue weighted by molar-refractivity contribution is 5.77. The minimum Gasteiger partial charge on any atom is -0.479 e. The van der Waals surface area contributed by atoms with Crippen LogP contribution in [0.15, 0.2) is 0 Å². The van der Waals surface area contributed by atoms with Crippen molar-refractivity contribution in [3.05, 3.63) is 0 Å². The second-order valence-electron chi connectivity index (χ2n) is 27.0. The maximum atomic E-state index is 13.4. The van der Waals surface area contributed by atoms with E-state index in [1.54, 1.807) is 0 Å². The largest absolute Gasteiger partial charge is 0.479 e. The number of unbranched alkanes of at least 4 members (excludes halogenated alkanes) is 2. The molecule has 20 unspecified atom stereocenters. The van der Waals surface area contributed by atoms with Crippen molar-refractivity contribution in [1.29, 1.82) is 0 Å². The average Bonchev–Trinajstić information content (AvgIpc) is 0.800. The number of carboxylic acids is 1. The molecule has 7 fully saturated rings. The van der Waals surface area contributed by atoms with Crippen molar-refractivity contribution in [3.63, 3.8) is 0 Å². The summed E-state index contributed by atoms with van der Waals surface area (Å²) in [5, 5.41) is 210. The van der Waals surface area contributed by atoms with Gasteiger partial charge in [-0.15, -0.1) is 0 Å². The van der Waals surface area contributed by atoms with Gasteiger partial charge in [0.05, 0.1) is 39.6 Å². The van der Waals surface area contributed by atoms with Crippen LogP contribution in [0.2, 0.25) is 0 Å². The summed E-state index contributed by atoms with van der Waals surface area (Å²) in [5.74, 6) is -1.23. The summed E-state index contributed by atoms with van der Waals surface area (Å²) in [6, 6.07) is 0. The van der Waals surface area contributed by atoms with Gasteiger partial charge in [-0.1, -0.05) is 71.6 Å². The Balaban J connectivity index is 0.859. The third kappa shape index (κ3) is 20.6. The van der Waals surface area contributed by atoms with Gasteiger partial charge in [-0.2, -0.15) is 0 Å². The minimum atomic E-state index is -2.38. The summed E-state index contributed by atoms with van der Waals surface area (Å²) in [6.45, 7) is 1.46. The smallest absolute Gasteiger partial charge is 0.335 e. The van der Waals surface area contributed by atoms with Gasteiger partial charge in [0.25, 0.3) is 0 Å². The molecule has 7 rings (SSSR count). The van der Waals surface area contributed by atoms with Crippen molar-refractivity contribution in [2.24, 2.45) is 11.8 Å². The monoisotopic (exact) mass is 1420 g/mol. The first kappa shape index (κ1) is 82.5. The lowest BCUT2D eigenvalue weighted by atomic mass is 9.75. The van der Waals surface area contributed by atoms with E-state index in [4.69, 9.17) is 56.8 Å². The lowest BCUT2D eigenvalue weighted by molar-refractivity contribution is -0.393. The molecule has 6 aliphatic heterocycles. The Hall–Kier alpha value is -2.79. The SMILES string of the molecule is CCCCC(C)(NC(=O)CCCCC(=O)NCCO[C@H]1OC(CO)[C@H](O[C@H]2OC(CO)[C@@H](O[C@@H]3OC(CO)[C@@H](O[C@@H]4OC(C(=O)O)[C@@H](O[C@H]5OC(CO)[C@H](O[C@H]6OC(CO)[C@@H](O)C(O)C6O)C(O)C5O)C(O)C4O)C(O)C3O)C(O)C2O)C(O)C1O)C1CCCCCCC[C@H](C)CC1. The number of hydrogen-bond acceptors (Lipinski definition) is 33. The zero-order chi connectivity index (χ0) is 71.9. The van der Waals surface area contributed by atoms with Gasteiger partial charge in [0.2, 0.25) is 11.8 Å². The maximum Gasteiger partial charge on any atom is 0.335 e. The molecule has 98 heavy (non-hydrogen) atoms. The number of hydrogen-bond donors (Lipinski definition) is 21. The van der Waals surface area contributed by atoms with E-state index < -0.39 is 223 Å². The molecule has 0 bridgehead atoms. The van der Waals surface area contributed by atoms with Gasteiger partial charge in [0.1, 0.15) is 140 Å². The third-order valence-electron chi connectivity index (χ3n) is 19.8. The third-order valence-corrected chi connectivity index (χ3v) is 19.8. The van der Waals surface area contributed by atoms with Crippen molar-refractivity contribution >= 4 is 17.8 Å². The van der Waals surface area contributed by atoms with E-state index in [2.05, 4.69) is 31.4 Å². The Bertz CT molecular complexity index is 2370. The molecule has 1 aliphatic carbocycles. The molecule has 0 radical (unpaired) electrons. The number of nitrogens with one attached hydrogen (secondary N) is 2. The molecule has 0 aromatic carbocycles. The Morgan fingerprint density at radius 1 is 0.429 bits per heavy atom. The van der Waals surface area contributed by atoms with Crippen LogP contribution >= 0.6 is 0 Å². The molecule has 36 heteroatoms. The zero-order valence-corrected chi connectivity index (χ0v) is 55.4. The van der Waals surface area contributed by atoms with E-state index in [9.17, 15) is 111 Å². The summed E-state index contributed by atoms with van der Waals surface area (Å²) >= 11 is 0. The molecular weight excluding hydrogens is 1320 g/mol. The van der Waals surface area contributed by atoms with Crippen molar-refractivity contribution in [2.75, 3.05) is 46.2 Å². The van der Waals surface area contributed by atoms with E-state index in [0.717, 1.165) is 44.9 Å².